The first-order chi connectivity index (χ1) is 12.5. The van der Waals surface area contributed by atoms with Gasteiger partial charge in [-0.2, -0.15) is 0 Å². The maximum absolute atomic E-state index is 12.5. The van der Waals surface area contributed by atoms with E-state index in [9.17, 15) is 9.59 Å². The Labute approximate surface area is 151 Å². The van der Waals surface area contributed by atoms with Gasteiger partial charge in [-0.15, -0.1) is 0 Å². The van der Waals surface area contributed by atoms with Crippen molar-refractivity contribution in [3.63, 3.8) is 0 Å². The molecule has 0 spiro atoms. The van der Waals surface area contributed by atoms with E-state index in [0.717, 1.165) is 13.1 Å². The second kappa shape index (κ2) is 6.42. The lowest BCUT2D eigenvalue weighted by molar-refractivity contribution is 0.248. The van der Waals surface area contributed by atoms with Gasteiger partial charge < -0.3 is 4.57 Å². The van der Waals surface area contributed by atoms with Gasteiger partial charge in [0.2, 0.25) is 0 Å². The van der Waals surface area contributed by atoms with Gasteiger partial charge in [-0.1, -0.05) is 48.5 Å². The first-order valence-corrected chi connectivity index (χ1v) is 8.68. The number of aromatic nitrogens is 2. The molecule has 2 aromatic carbocycles. The minimum absolute atomic E-state index is 0.223. The number of aryl methyl sites for hydroxylation is 1. The van der Waals surface area contributed by atoms with Crippen molar-refractivity contribution in [3.8, 4) is 11.1 Å². The fraction of sp³-hybridized carbons (Fsp3) is 0.238. The number of rotatable bonds is 2. The first-order valence-electron chi connectivity index (χ1n) is 8.68. The van der Waals surface area contributed by atoms with Crippen molar-refractivity contribution in [1.29, 1.82) is 0 Å². The molecule has 5 nitrogen and oxygen atoms in total. The molecule has 0 saturated carbocycles. The Morgan fingerprint density at radius 1 is 0.846 bits per heavy atom. The van der Waals surface area contributed by atoms with Crippen LogP contribution in [-0.4, -0.2) is 14.0 Å². The van der Waals surface area contributed by atoms with Crippen molar-refractivity contribution in [3.05, 3.63) is 92.3 Å². The van der Waals surface area contributed by atoms with Crippen molar-refractivity contribution in [2.24, 2.45) is 14.1 Å². The molecule has 1 aliphatic rings. The van der Waals surface area contributed by atoms with Crippen LogP contribution in [0.3, 0.4) is 0 Å². The molecular formula is C21H21N3O2. The van der Waals surface area contributed by atoms with E-state index in [4.69, 9.17) is 0 Å². The Hall–Kier alpha value is -2.92. The topological polar surface area (TPSA) is 47.2 Å². The average Bonchev–Trinajstić information content (AvgIpc) is 2.80. The van der Waals surface area contributed by atoms with Crippen molar-refractivity contribution in [1.82, 2.24) is 14.0 Å². The summed E-state index contributed by atoms with van der Waals surface area (Å²) < 4.78 is 2.64. The molecule has 0 N–H and O–H groups in total. The lowest BCUT2D eigenvalue weighted by Gasteiger charge is -2.21. The molecule has 0 amide bonds. The van der Waals surface area contributed by atoms with E-state index in [1.807, 2.05) is 0 Å². The molecule has 0 bridgehead atoms. The summed E-state index contributed by atoms with van der Waals surface area (Å²) in [6, 6.07) is 16.8. The van der Waals surface area contributed by atoms with Gasteiger partial charge in [0.25, 0.3) is 5.56 Å². The third kappa shape index (κ3) is 2.80. The van der Waals surface area contributed by atoms with Crippen LogP contribution in [0.15, 0.2) is 64.3 Å². The summed E-state index contributed by atoms with van der Waals surface area (Å²) in [5.74, 6) is 0. The predicted molar refractivity (Wildman–Crippen MR) is 102 cm³/mol. The summed E-state index contributed by atoms with van der Waals surface area (Å²) in [6.07, 6.45) is 1.66. The van der Waals surface area contributed by atoms with Crippen molar-refractivity contribution in [2.75, 3.05) is 0 Å². The molecule has 0 atom stereocenters. The van der Waals surface area contributed by atoms with Crippen molar-refractivity contribution < 1.29 is 0 Å². The average molecular weight is 347 g/mol. The summed E-state index contributed by atoms with van der Waals surface area (Å²) in [7, 11) is 3.21. The Kier molecular flexibility index (Phi) is 4.09. The highest BCUT2D eigenvalue weighted by Gasteiger charge is 2.20. The van der Waals surface area contributed by atoms with Gasteiger partial charge in [0.05, 0.1) is 0 Å². The standard InChI is InChI=1S/C21H21N3O2/c1-22-11-17(20(25)23(2)21(22)26)14-24-12-15-7-3-5-9-18(15)19-10-6-4-8-16(19)13-24/h3-11H,12-14H2,1-2H3. The van der Waals surface area contributed by atoms with Crippen LogP contribution in [0, 0.1) is 0 Å². The van der Waals surface area contributed by atoms with Crippen LogP contribution in [0.5, 0.6) is 0 Å². The maximum atomic E-state index is 12.5. The number of benzene rings is 2. The highest BCUT2D eigenvalue weighted by molar-refractivity contribution is 5.71. The number of fused-ring (bicyclic) bond motifs is 3. The van der Waals surface area contributed by atoms with E-state index in [-0.39, 0.29) is 11.2 Å². The quantitative estimate of drug-likeness (QED) is 0.714. The van der Waals surface area contributed by atoms with E-state index < -0.39 is 0 Å². The van der Waals surface area contributed by atoms with Crippen LogP contribution in [0.1, 0.15) is 16.7 Å². The zero-order valence-corrected chi connectivity index (χ0v) is 15.0. The molecule has 4 rings (SSSR count). The lowest BCUT2D eigenvalue weighted by Crippen LogP contribution is -2.39. The minimum atomic E-state index is -0.301. The van der Waals surface area contributed by atoms with E-state index in [0.29, 0.717) is 12.1 Å². The van der Waals surface area contributed by atoms with Crippen LogP contribution in [-0.2, 0) is 33.7 Å². The Morgan fingerprint density at radius 2 is 1.38 bits per heavy atom. The first kappa shape index (κ1) is 16.5. The second-order valence-electron chi connectivity index (χ2n) is 6.87. The summed E-state index contributed by atoms with van der Waals surface area (Å²) in [4.78, 5) is 26.7. The van der Waals surface area contributed by atoms with Gasteiger partial charge in [-0.25, -0.2) is 4.79 Å². The molecule has 1 aromatic heterocycles. The molecule has 0 saturated heterocycles. The summed E-state index contributed by atoms with van der Waals surface area (Å²) >= 11 is 0. The fourth-order valence-corrected chi connectivity index (χ4v) is 3.72. The Bertz CT molecular complexity index is 1050. The number of nitrogens with zero attached hydrogens (tertiary/aromatic N) is 3. The van der Waals surface area contributed by atoms with Gasteiger partial charge in [0.1, 0.15) is 0 Å². The lowest BCUT2D eigenvalue weighted by atomic mass is 9.97. The van der Waals surface area contributed by atoms with Crippen LogP contribution >= 0.6 is 0 Å². The van der Waals surface area contributed by atoms with E-state index >= 15 is 0 Å². The van der Waals surface area contributed by atoms with Crippen LogP contribution in [0.4, 0.5) is 0 Å². The van der Waals surface area contributed by atoms with Crippen LogP contribution < -0.4 is 11.2 Å². The SMILES string of the molecule is Cn1cc(CN2Cc3ccccc3-c3ccccc3C2)c(=O)n(C)c1=O. The molecule has 1 aliphatic heterocycles. The molecule has 0 unspecified atom stereocenters. The smallest absolute Gasteiger partial charge is 0.303 e. The monoisotopic (exact) mass is 347 g/mol. The molecular weight excluding hydrogens is 326 g/mol. The minimum Gasteiger partial charge on any atom is -0.303 e. The number of hydrogen-bond donors (Lipinski definition) is 0. The zero-order valence-electron chi connectivity index (χ0n) is 15.0. The second-order valence-corrected chi connectivity index (χ2v) is 6.87. The molecule has 0 fully saturated rings. The van der Waals surface area contributed by atoms with Gasteiger partial charge in [0, 0.05) is 45.5 Å². The molecule has 0 radical (unpaired) electrons. The zero-order chi connectivity index (χ0) is 18.3. The van der Waals surface area contributed by atoms with Gasteiger partial charge in [-0.05, 0) is 22.3 Å². The van der Waals surface area contributed by atoms with Gasteiger partial charge in [0.15, 0.2) is 0 Å². The summed E-state index contributed by atoms with van der Waals surface area (Å²) in [5, 5.41) is 0. The third-order valence-electron chi connectivity index (χ3n) is 5.02. The summed E-state index contributed by atoms with van der Waals surface area (Å²) in [5.41, 5.74) is 5.10. The van der Waals surface area contributed by atoms with E-state index in [1.165, 1.54) is 38.4 Å². The molecule has 3 aromatic rings. The molecule has 26 heavy (non-hydrogen) atoms. The molecule has 132 valence electrons. The van der Waals surface area contributed by atoms with Crippen LogP contribution in [0.25, 0.3) is 11.1 Å². The van der Waals surface area contributed by atoms with E-state index in [2.05, 4.69) is 53.4 Å². The highest BCUT2D eigenvalue weighted by Crippen LogP contribution is 2.32. The highest BCUT2D eigenvalue weighted by atomic mass is 16.2. The Morgan fingerprint density at radius 3 is 1.96 bits per heavy atom. The van der Waals surface area contributed by atoms with Crippen molar-refractivity contribution >= 4 is 0 Å². The predicted octanol–water partition coefficient (Wildman–Crippen LogP) is 2.27. The van der Waals surface area contributed by atoms with E-state index in [1.54, 1.807) is 13.2 Å². The number of hydrogen-bond acceptors (Lipinski definition) is 3. The molecule has 5 heteroatoms. The van der Waals surface area contributed by atoms with Crippen molar-refractivity contribution in [2.45, 2.75) is 19.6 Å². The fourth-order valence-electron chi connectivity index (χ4n) is 3.72. The van der Waals surface area contributed by atoms with Gasteiger partial charge >= 0.3 is 5.69 Å². The normalized spacial score (nSPS) is 13.8. The molecule has 2 heterocycles. The van der Waals surface area contributed by atoms with Crippen LogP contribution in [0.2, 0.25) is 0 Å². The third-order valence-corrected chi connectivity index (χ3v) is 5.02. The molecule has 0 aliphatic carbocycles. The largest absolute Gasteiger partial charge is 0.330 e. The van der Waals surface area contributed by atoms with Gasteiger partial charge in [-0.3, -0.25) is 14.3 Å². The Balaban J connectivity index is 1.77. The summed E-state index contributed by atoms with van der Waals surface area (Å²) in [6.45, 7) is 2.02. The maximum Gasteiger partial charge on any atom is 0.330 e.